The van der Waals surface area contributed by atoms with Crippen molar-refractivity contribution in [2.75, 3.05) is 11.9 Å². The smallest absolute Gasteiger partial charge is 0.338 e. The van der Waals surface area contributed by atoms with E-state index < -0.39 is 0 Å². The number of rotatable bonds is 8. The number of carbonyl (C=O) groups is 1. The number of carbonyl (C=O) groups excluding carboxylic acids is 1. The number of nitrogens with one attached hydrogen (secondary N) is 1. The molecule has 0 aliphatic heterocycles. The van der Waals surface area contributed by atoms with Gasteiger partial charge in [-0.15, -0.1) is 0 Å². The molecule has 3 nitrogen and oxygen atoms in total. The van der Waals surface area contributed by atoms with Crippen molar-refractivity contribution in [1.82, 2.24) is 0 Å². The quantitative estimate of drug-likeness (QED) is 0.675. The number of hydrogen-bond donors (Lipinski definition) is 1. The van der Waals surface area contributed by atoms with E-state index in [9.17, 15) is 4.79 Å². The molecule has 0 spiro atoms. The second kappa shape index (κ2) is 9.01. The molecule has 1 aromatic carbocycles. The van der Waals surface area contributed by atoms with E-state index in [0.29, 0.717) is 18.2 Å². The third-order valence-electron chi connectivity index (χ3n) is 3.11. The zero-order valence-electron chi connectivity index (χ0n) is 12.5. The summed E-state index contributed by atoms with van der Waals surface area (Å²) in [6, 6.07) is 6.04. The van der Waals surface area contributed by atoms with Crippen LogP contribution < -0.4 is 5.32 Å². The maximum Gasteiger partial charge on any atom is 0.338 e. The van der Waals surface area contributed by atoms with Gasteiger partial charge in [-0.05, 0) is 53.9 Å². The van der Waals surface area contributed by atoms with Crippen LogP contribution in [0.2, 0.25) is 0 Å². The van der Waals surface area contributed by atoms with Gasteiger partial charge >= 0.3 is 5.97 Å². The van der Waals surface area contributed by atoms with E-state index >= 15 is 0 Å². The molecule has 0 aliphatic carbocycles. The van der Waals surface area contributed by atoms with E-state index in [1.54, 1.807) is 6.07 Å². The molecule has 1 N–H and O–H groups in total. The number of ether oxygens (including phenoxy) is 1. The van der Waals surface area contributed by atoms with Gasteiger partial charge in [0.1, 0.15) is 0 Å². The van der Waals surface area contributed by atoms with Gasteiger partial charge in [-0.1, -0.05) is 26.7 Å². The fourth-order valence-corrected chi connectivity index (χ4v) is 2.67. The molecule has 20 heavy (non-hydrogen) atoms. The van der Waals surface area contributed by atoms with Gasteiger partial charge in [-0.3, -0.25) is 0 Å². The van der Waals surface area contributed by atoms with Crippen LogP contribution in [0.15, 0.2) is 22.7 Å². The van der Waals surface area contributed by atoms with Crippen molar-refractivity contribution in [1.29, 1.82) is 0 Å². The lowest BCUT2D eigenvalue weighted by atomic mass is 10.1. The number of anilines is 1. The fourth-order valence-electron chi connectivity index (χ4n) is 2.18. The molecular formula is C16H24BrNO2. The minimum Gasteiger partial charge on any atom is -0.462 e. The molecule has 0 fully saturated rings. The highest BCUT2D eigenvalue weighted by molar-refractivity contribution is 9.10. The molecule has 0 saturated heterocycles. The highest BCUT2D eigenvalue weighted by atomic mass is 79.9. The van der Waals surface area contributed by atoms with Crippen molar-refractivity contribution in [3.8, 4) is 0 Å². The van der Waals surface area contributed by atoms with Crippen molar-refractivity contribution >= 4 is 27.6 Å². The minimum atomic E-state index is -0.279. The third-order valence-corrected chi connectivity index (χ3v) is 3.77. The van der Waals surface area contributed by atoms with E-state index in [-0.39, 0.29) is 5.97 Å². The Morgan fingerprint density at radius 3 is 2.40 bits per heavy atom. The Morgan fingerprint density at radius 2 is 1.90 bits per heavy atom. The maximum atomic E-state index is 11.7. The van der Waals surface area contributed by atoms with Gasteiger partial charge in [0.05, 0.1) is 12.2 Å². The van der Waals surface area contributed by atoms with Crippen LogP contribution in [0.3, 0.4) is 0 Å². The molecule has 0 radical (unpaired) electrons. The summed E-state index contributed by atoms with van der Waals surface area (Å²) in [5, 5.41) is 3.55. The Kier molecular flexibility index (Phi) is 7.67. The zero-order valence-corrected chi connectivity index (χ0v) is 14.1. The summed E-state index contributed by atoms with van der Waals surface area (Å²) in [7, 11) is 0. The Bertz CT molecular complexity index is 428. The zero-order chi connectivity index (χ0) is 15.0. The van der Waals surface area contributed by atoms with Crippen LogP contribution in [0, 0.1) is 0 Å². The molecule has 1 rings (SSSR count). The van der Waals surface area contributed by atoms with Crippen LogP contribution in [-0.4, -0.2) is 18.6 Å². The predicted octanol–water partition coefficient (Wildman–Crippen LogP) is 5.01. The fraction of sp³-hybridized carbons (Fsp3) is 0.562. The topological polar surface area (TPSA) is 38.3 Å². The maximum absolute atomic E-state index is 11.7. The third kappa shape index (κ3) is 5.16. The lowest BCUT2D eigenvalue weighted by Crippen LogP contribution is -2.19. The molecule has 0 heterocycles. The van der Waals surface area contributed by atoms with E-state index in [1.165, 1.54) is 0 Å². The SMILES string of the molecule is CCCC(CCC)Nc1ccc(C(=O)OCC)cc1Br. The average molecular weight is 342 g/mol. The summed E-state index contributed by atoms with van der Waals surface area (Å²) < 4.78 is 5.90. The van der Waals surface area contributed by atoms with Gasteiger partial charge < -0.3 is 10.1 Å². The normalized spacial score (nSPS) is 10.7. The number of halogens is 1. The van der Waals surface area contributed by atoms with Gasteiger partial charge in [0.2, 0.25) is 0 Å². The number of benzene rings is 1. The van der Waals surface area contributed by atoms with Crippen molar-refractivity contribution in [3.05, 3.63) is 28.2 Å². The van der Waals surface area contributed by atoms with E-state index in [0.717, 1.165) is 35.8 Å². The monoisotopic (exact) mass is 341 g/mol. The average Bonchev–Trinajstić information content (AvgIpc) is 2.42. The number of hydrogen-bond acceptors (Lipinski definition) is 3. The number of esters is 1. The molecule has 112 valence electrons. The van der Waals surface area contributed by atoms with E-state index in [4.69, 9.17) is 4.74 Å². The van der Waals surface area contributed by atoms with E-state index in [2.05, 4.69) is 35.1 Å². The Hall–Kier alpha value is -1.03. The highest BCUT2D eigenvalue weighted by Gasteiger charge is 2.12. The van der Waals surface area contributed by atoms with Crippen LogP contribution in [0.4, 0.5) is 5.69 Å². The highest BCUT2D eigenvalue weighted by Crippen LogP contribution is 2.26. The summed E-state index contributed by atoms with van der Waals surface area (Å²) in [6.45, 7) is 6.60. The summed E-state index contributed by atoms with van der Waals surface area (Å²) in [5.74, 6) is -0.279. The predicted molar refractivity (Wildman–Crippen MR) is 87.3 cm³/mol. The van der Waals surface area contributed by atoms with Crippen LogP contribution in [0.5, 0.6) is 0 Å². The largest absolute Gasteiger partial charge is 0.462 e. The standard InChI is InChI=1S/C16H24BrNO2/c1-4-7-13(8-5-2)18-15-10-9-12(11-14(15)17)16(19)20-6-3/h9-11,13,18H,4-8H2,1-3H3. The lowest BCUT2D eigenvalue weighted by Gasteiger charge is -2.20. The van der Waals surface area contributed by atoms with Crippen LogP contribution in [0.1, 0.15) is 56.8 Å². The van der Waals surface area contributed by atoms with Crippen LogP contribution >= 0.6 is 15.9 Å². The molecule has 0 aliphatic rings. The molecule has 0 aromatic heterocycles. The Balaban J connectivity index is 2.78. The van der Waals surface area contributed by atoms with Gasteiger partial charge in [0.25, 0.3) is 0 Å². The first-order valence-corrected chi connectivity index (χ1v) is 8.14. The summed E-state index contributed by atoms with van der Waals surface area (Å²) in [6.07, 6.45) is 4.63. The van der Waals surface area contributed by atoms with Gasteiger partial charge in [0.15, 0.2) is 0 Å². The van der Waals surface area contributed by atoms with E-state index in [1.807, 2.05) is 19.1 Å². The van der Waals surface area contributed by atoms with Crippen molar-refractivity contribution in [3.63, 3.8) is 0 Å². The molecule has 1 aromatic rings. The first-order chi connectivity index (χ1) is 9.62. The molecule has 0 atom stereocenters. The first kappa shape index (κ1) is 17.0. The van der Waals surface area contributed by atoms with Crippen molar-refractivity contribution in [2.24, 2.45) is 0 Å². The summed E-state index contributed by atoms with van der Waals surface area (Å²) in [5.41, 5.74) is 1.61. The molecule has 0 unspecified atom stereocenters. The summed E-state index contributed by atoms with van der Waals surface area (Å²) in [4.78, 5) is 11.7. The second-order valence-electron chi connectivity index (χ2n) is 4.83. The first-order valence-electron chi connectivity index (χ1n) is 7.35. The molecule has 0 saturated carbocycles. The van der Waals surface area contributed by atoms with Gasteiger partial charge in [-0.2, -0.15) is 0 Å². The minimum absolute atomic E-state index is 0.279. The molecule has 0 bridgehead atoms. The molecule has 0 amide bonds. The van der Waals surface area contributed by atoms with Gasteiger partial charge in [0, 0.05) is 16.2 Å². The van der Waals surface area contributed by atoms with Crippen molar-refractivity contribution in [2.45, 2.75) is 52.5 Å². The molecular weight excluding hydrogens is 318 g/mol. The lowest BCUT2D eigenvalue weighted by molar-refractivity contribution is 0.0526. The molecule has 4 heteroatoms. The Morgan fingerprint density at radius 1 is 1.25 bits per heavy atom. The van der Waals surface area contributed by atoms with Crippen LogP contribution in [0.25, 0.3) is 0 Å². The Labute approximate surface area is 130 Å². The second-order valence-corrected chi connectivity index (χ2v) is 5.69. The van der Waals surface area contributed by atoms with Crippen LogP contribution in [-0.2, 0) is 4.74 Å². The summed E-state index contributed by atoms with van der Waals surface area (Å²) >= 11 is 3.53. The van der Waals surface area contributed by atoms with Gasteiger partial charge in [-0.25, -0.2) is 4.79 Å². The van der Waals surface area contributed by atoms with Crippen molar-refractivity contribution < 1.29 is 9.53 Å².